The first kappa shape index (κ1) is 16.4. The zero-order chi connectivity index (χ0) is 17.2. The molecule has 1 unspecified atom stereocenters. The topological polar surface area (TPSA) is 49.2 Å². The molecule has 2 heterocycles. The molecule has 1 atom stereocenters. The van der Waals surface area contributed by atoms with Crippen molar-refractivity contribution < 1.29 is 4.74 Å². The van der Waals surface area contributed by atoms with Crippen LogP contribution in [0.5, 0.6) is 5.75 Å². The van der Waals surface area contributed by atoms with Crippen molar-refractivity contribution in [2.24, 2.45) is 0 Å². The van der Waals surface area contributed by atoms with Crippen LogP contribution in [-0.2, 0) is 5.41 Å². The number of hydrogen-bond acceptors (Lipinski definition) is 4. The van der Waals surface area contributed by atoms with Gasteiger partial charge in [0.1, 0.15) is 11.2 Å². The fourth-order valence-corrected chi connectivity index (χ4v) is 3.46. The van der Waals surface area contributed by atoms with Gasteiger partial charge in [-0.3, -0.25) is 4.98 Å². The van der Waals surface area contributed by atoms with Gasteiger partial charge in [-0.1, -0.05) is 18.2 Å². The fourth-order valence-electron chi connectivity index (χ4n) is 3.16. The van der Waals surface area contributed by atoms with Gasteiger partial charge in [0.2, 0.25) is 0 Å². The molecule has 1 aromatic heterocycles. The number of hydrogen-bond donors (Lipinski definition) is 0. The van der Waals surface area contributed by atoms with Gasteiger partial charge in [0.25, 0.3) is 0 Å². The molecule has 0 aliphatic carbocycles. The molecule has 0 saturated carbocycles. The van der Waals surface area contributed by atoms with E-state index in [1.54, 1.807) is 25.4 Å². The molecular weight excluding hydrogens is 322 g/mol. The van der Waals surface area contributed by atoms with Gasteiger partial charge in [-0.15, -0.1) is 0 Å². The highest BCUT2D eigenvalue weighted by Gasteiger charge is 2.41. The van der Waals surface area contributed by atoms with Gasteiger partial charge in [-0.25, -0.2) is 0 Å². The van der Waals surface area contributed by atoms with Crippen molar-refractivity contribution in [2.45, 2.75) is 18.3 Å². The van der Waals surface area contributed by atoms with Crippen LogP contribution in [0, 0.1) is 11.3 Å². The summed E-state index contributed by atoms with van der Waals surface area (Å²) in [6.45, 7) is 4.87. The second-order valence-electron chi connectivity index (χ2n) is 5.87. The molecule has 0 bridgehead atoms. The van der Waals surface area contributed by atoms with Crippen molar-refractivity contribution in [2.75, 3.05) is 18.6 Å². The van der Waals surface area contributed by atoms with Crippen molar-refractivity contribution >= 4 is 17.3 Å². The Morgan fingerprint density at radius 2 is 2.08 bits per heavy atom. The van der Waals surface area contributed by atoms with E-state index in [2.05, 4.69) is 22.5 Å². The predicted octanol–water partition coefficient (Wildman–Crippen LogP) is 4.32. The minimum atomic E-state index is -0.724. The Hall–Kier alpha value is -2.51. The van der Waals surface area contributed by atoms with E-state index >= 15 is 0 Å². The van der Waals surface area contributed by atoms with E-state index in [-0.39, 0.29) is 0 Å². The minimum Gasteiger partial charge on any atom is -0.497 e. The molecule has 5 heteroatoms. The standard InChI is InChI=1S/C19H18ClN3O/c1-14-12-19(13-21,18-17(20)4-3-10-22-18)9-11-23(14)15-5-7-16(24-2)8-6-15/h3-8,10H,1,9,11-12H2,2H3. The Bertz CT molecular complexity index is 797. The lowest BCUT2D eigenvalue weighted by atomic mass is 9.75. The van der Waals surface area contributed by atoms with E-state index in [9.17, 15) is 5.26 Å². The number of rotatable bonds is 3. The number of methoxy groups -OCH3 is 1. The highest BCUT2D eigenvalue weighted by molar-refractivity contribution is 6.31. The van der Waals surface area contributed by atoms with Crippen molar-refractivity contribution in [1.29, 1.82) is 5.26 Å². The van der Waals surface area contributed by atoms with Crippen molar-refractivity contribution in [1.82, 2.24) is 4.98 Å². The summed E-state index contributed by atoms with van der Waals surface area (Å²) in [7, 11) is 1.65. The van der Waals surface area contributed by atoms with Gasteiger partial charge in [-0.05, 0) is 42.8 Å². The van der Waals surface area contributed by atoms with Crippen LogP contribution in [0.2, 0.25) is 5.02 Å². The molecule has 3 rings (SSSR count). The summed E-state index contributed by atoms with van der Waals surface area (Å²) in [5.74, 6) is 0.813. The summed E-state index contributed by atoms with van der Waals surface area (Å²) < 4.78 is 5.20. The average Bonchev–Trinajstić information content (AvgIpc) is 2.62. The number of anilines is 1. The van der Waals surface area contributed by atoms with Crippen LogP contribution in [0.4, 0.5) is 5.69 Å². The van der Waals surface area contributed by atoms with Crippen LogP contribution in [0.25, 0.3) is 0 Å². The first-order valence-corrected chi connectivity index (χ1v) is 8.09. The van der Waals surface area contributed by atoms with E-state index in [0.29, 0.717) is 30.1 Å². The lowest BCUT2D eigenvalue weighted by molar-refractivity contribution is 0.414. The van der Waals surface area contributed by atoms with Gasteiger partial charge in [0.15, 0.2) is 0 Å². The second-order valence-corrected chi connectivity index (χ2v) is 6.28. The first-order valence-electron chi connectivity index (χ1n) is 7.71. The van der Waals surface area contributed by atoms with Crippen molar-refractivity contribution in [3.05, 3.63) is 65.6 Å². The zero-order valence-corrected chi connectivity index (χ0v) is 14.3. The molecule has 0 N–H and O–H groups in total. The molecule has 1 saturated heterocycles. The number of pyridine rings is 1. The molecule has 122 valence electrons. The number of benzene rings is 1. The van der Waals surface area contributed by atoms with E-state index in [4.69, 9.17) is 16.3 Å². The Kier molecular flexibility index (Phi) is 4.46. The van der Waals surface area contributed by atoms with E-state index < -0.39 is 5.41 Å². The van der Waals surface area contributed by atoms with Crippen LogP contribution in [0.1, 0.15) is 18.5 Å². The molecule has 2 aromatic rings. The number of aromatic nitrogens is 1. The minimum absolute atomic E-state index is 0.506. The van der Waals surface area contributed by atoms with Gasteiger partial charge < -0.3 is 9.64 Å². The van der Waals surface area contributed by atoms with Gasteiger partial charge >= 0.3 is 0 Å². The summed E-state index contributed by atoms with van der Waals surface area (Å²) >= 11 is 6.29. The maximum atomic E-state index is 9.84. The Morgan fingerprint density at radius 3 is 2.67 bits per heavy atom. The zero-order valence-electron chi connectivity index (χ0n) is 13.5. The predicted molar refractivity (Wildman–Crippen MR) is 95.3 cm³/mol. The number of piperidine rings is 1. The van der Waals surface area contributed by atoms with Crippen molar-refractivity contribution in [3.8, 4) is 11.8 Å². The number of ether oxygens (including phenoxy) is 1. The maximum Gasteiger partial charge on any atom is 0.119 e. The van der Waals surface area contributed by atoms with Crippen molar-refractivity contribution in [3.63, 3.8) is 0 Å². The van der Waals surface area contributed by atoms with Gasteiger partial charge in [0, 0.05) is 30.5 Å². The molecular formula is C19H18ClN3O. The molecule has 24 heavy (non-hydrogen) atoms. The highest BCUT2D eigenvalue weighted by atomic mass is 35.5. The summed E-state index contributed by atoms with van der Waals surface area (Å²) in [6, 6.07) is 13.8. The third-order valence-corrected chi connectivity index (χ3v) is 4.76. The van der Waals surface area contributed by atoms with E-state index in [1.165, 1.54) is 0 Å². The van der Waals surface area contributed by atoms with Crippen LogP contribution < -0.4 is 9.64 Å². The lowest BCUT2D eigenvalue weighted by Gasteiger charge is -2.40. The largest absolute Gasteiger partial charge is 0.497 e. The maximum absolute atomic E-state index is 9.84. The first-order chi connectivity index (χ1) is 11.6. The molecule has 1 fully saturated rings. The van der Waals surface area contributed by atoms with Gasteiger partial charge in [-0.2, -0.15) is 5.26 Å². The number of nitrogens with zero attached hydrogens (tertiary/aromatic N) is 3. The molecule has 0 spiro atoms. The molecule has 1 aliphatic rings. The Balaban J connectivity index is 1.87. The molecule has 1 aromatic carbocycles. The lowest BCUT2D eigenvalue weighted by Crippen LogP contribution is -2.40. The second kappa shape index (κ2) is 6.54. The third kappa shape index (κ3) is 2.83. The highest BCUT2D eigenvalue weighted by Crippen LogP contribution is 2.42. The third-order valence-electron chi connectivity index (χ3n) is 4.46. The molecule has 0 radical (unpaired) electrons. The average molecular weight is 340 g/mol. The Labute approximate surface area is 147 Å². The summed E-state index contributed by atoms with van der Waals surface area (Å²) in [5, 5.41) is 10.4. The van der Waals surface area contributed by atoms with E-state index in [0.717, 1.165) is 17.1 Å². The smallest absolute Gasteiger partial charge is 0.119 e. The summed E-state index contributed by atoms with van der Waals surface area (Å²) in [4.78, 5) is 6.50. The molecule has 1 aliphatic heterocycles. The quantitative estimate of drug-likeness (QED) is 0.835. The molecule has 0 amide bonds. The summed E-state index contributed by atoms with van der Waals surface area (Å²) in [5.41, 5.74) is 1.84. The number of halogens is 1. The SMILES string of the molecule is C=C1CC(C#N)(c2ncccc2Cl)CCN1c1ccc(OC)cc1. The monoisotopic (exact) mass is 339 g/mol. The number of nitriles is 1. The van der Waals surface area contributed by atoms with Crippen LogP contribution >= 0.6 is 11.6 Å². The summed E-state index contributed by atoms with van der Waals surface area (Å²) in [6.07, 6.45) is 2.83. The number of allylic oxidation sites excluding steroid dienone is 1. The van der Waals surface area contributed by atoms with Gasteiger partial charge in [0.05, 0.1) is 23.9 Å². The fraction of sp³-hybridized carbons (Fsp3) is 0.263. The molecule has 4 nitrogen and oxygen atoms in total. The van der Waals surface area contributed by atoms with E-state index in [1.807, 2.05) is 24.3 Å². The normalized spacial score (nSPS) is 20.5. The van der Waals surface area contributed by atoms with Crippen LogP contribution in [-0.4, -0.2) is 18.6 Å². The Morgan fingerprint density at radius 1 is 1.33 bits per heavy atom. The van der Waals surface area contributed by atoms with Crippen LogP contribution in [0.3, 0.4) is 0 Å². The van der Waals surface area contributed by atoms with Crippen LogP contribution in [0.15, 0.2) is 54.9 Å².